The summed E-state index contributed by atoms with van der Waals surface area (Å²) in [5, 5.41) is 15.1. The van der Waals surface area contributed by atoms with Crippen LogP contribution in [-0.2, 0) is 25.8 Å². The molecular formula is C18H24N2O. The minimum atomic E-state index is -0.278. The lowest BCUT2D eigenvalue weighted by Gasteiger charge is -2.28. The van der Waals surface area contributed by atoms with Gasteiger partial charge in [-0.15, -0.1) is 0 Å². The van der Waals surface area contributed by atoms with E-state index in [-0.39, 0.29) is 6.10 Å². The molecule has 1 heterocycles. The molecule has 0 spiro atoms. The molecule has 3 nitrogen and oxygen atoms in total. The van der Waals surface area contributed by atoms with E-state index in [0.717, 1.165) is 37.2 Å². The van der Waals surface area contributed by atoms with Crippen LogP contribution in [0.4, 0.5) is 0 Å². The predicted molar refractivity (Wildman–Crippen MR) is 84.3 cm³/mol. The molecule has 1 aromatic heterocycles. The van der Waals surface area contributed by atoms with Gasteiger partial charge in [-0.05, 0) is 56.2 Å². The van der Waals surface area contributed by atoms with Gasteiger partial charge in [0.15, 0.2) is 0 Å². The molecule has 0 saturated carbocycles. The fraction of sp³-hybridized carbons (Fsp3) is 0.500. The number of aryl methyl sites for hydroxylation is 3. The second-order valence-corrected chi connectivity index (χ2v) is 6.14. The van der Waals surface area contributed by atoms with Crippen LogP contribution in [0.15, 0.2) is 30.3 Å². The summed E-state index contributed by atoms with van der Waals surface area (Å²) in [5.74, 6) is 0.361. The number of benzene rings is 1. The molecule has 112 valence electrons. The summed E-state index contributed by atoms with van der Waals surface area (Å²) in [4.78, 5) is 0. The first-order valence-corrected chi connectivity index (χ1v) is 7.95. The van der Waals surface area contributed by atoms with Gasteiger partial charge in [0.1, 0.15) is 0 Å². The average molecular weight is 284 g/mol. The number of hydrogen-bond acceptors (Lipinski definition) is 2. The van der Waals surface area contributed by atoms with E-state index >= 15 is 0 Å². The van der Waals surface area contributed by atoms with E-state index in [1.807, 2.05) is 11.6 Å². The zero-order valence-corrected chi connectivity index (χ0v) is 12.9. The first-order chi connectivity index (χ1) is 10.2. The summed E-state index contributed by atoms with van der Waals surface area (Å²) in [6.07, 6.45) is 3.60. The zero-order valence-electron chi connectivity index (χ0n) is 12.9. The van der Waals surface area contributed by atoms with Gasteiger partial charge in [0.2, 0.25) is 0 Å². The topological polar surface area (TPSA) is 38.0 Å². The average Bonchev–Trinajstić information content (AvgIpc) is 2.86. The van der Waals surface area contributed by atoms with Gasteiger partial charge in [-0.2, -0.15) is 5.10 Å². The molecule has 0 saturated heterocycles. The van der Waals surface area contributed by atoms with Crippen molar-refractivity contribution in [2.45, 2.75) is 52.2 Å². The number of aliphatic hydroxyl groups is 1. The number of rotatable bonds is 4. The summed E-state index contributed by atoms with van der Waals surface area (Å²) in [7, 11) is 0. The molecule has 3 rings (SSSR count). The summed E-state index contributed by atoms with van der Waals surface area (Å²) in [6.45, 7) is 4.97. The minimum Gasteiger partial charge on any atom is -0.392 e. The smallest absolute Gasteiger partial charge is 0.0626 e. The van der Waals surface area contributed by atoms with Crippen LogP contribution in [0, 0.1) is 12.8 Å². The Kier molecular flexibility index (Phi) is 4.11. The summed E-state index contributed by atoms with van der Waals surface area (Å²) < 4.78 is 2.01. The number of aliphatic hydroxyl groups excluding tert-OH is 1. The van der Waals surface area contributed by atoms with Gasteiger partial charge in [0.05, 0.1) is 11.8 Å². The van der Waals surface area contributed by atoms with Crippen LogP contribution in [0.5, 0.6) is 0 Å². The third-order valence-corrected chi connectivity index (χ3v) is 4.63. The third-order valence-electron chi connectivity index (χ3n) is 4.63. The highest BCUT2D eigenvalue weighted by atomic mass is 16.3. The van der Waals surface area contributed by atoms with Crippen molar-refractivity contribution in [1.29, 1.82) is 0 Å². The maximum absolute atomic E-state index is 10.6. The monoisotopic (exact) mass is 284 g/mol. The summed E-state index contributed by atoms with van der Waals surface area (Å²) in [5.41, 5.74) is 5.05. The molecule has 1 N–H and O–H groups in total. The highest BCUT2D eigenvalue weighted by molar-refractivity contribution is 5.30. The first-order valence-electron chi connectivity index (χ1n) is 7.95. The van der Waals surface area contributed by atoms with Crippen molar-refractivity contribution < 1.29 is 5.11 Å². The lowest BCUT2D eigenvalue weighted by molar-refractivity contribution is 0.0972. The van der Waals surface area contributed by atoms with Crippen LogP contribution in [0.2, 0.25) is 0 Å². The van der Waals surface area contributed by atoms with E-state index in [1.54, 1.807) is 0 Å². The lowest BCUT2D eigenvalue weighted by atomic mass is 9.80. The molecule has 0 amide bonds. The fourth-order valence-electron chi connectivity index (χ4n) is 3.47. The van der Waals surface area contributed by atoms with Crippen molar-refractivity contribution in [2.75, 3.05) is 0 Å². The molecule has 1 aromatic carbocycles. The Bertz CT molecular complexity index is 617. The highest BCUT2D eigenvalue weighted by Gasteiger charge is 2.25. The second kappa shape index (κ2) is 6.02. The van der Waals surface area contributed by atoms with Crippen molar-refractivity contribution in [1.82, 2.24) is 9.78 Å². The predicted octanol–water partition coefficient (Wildman–Crippen LogP) is 2.92. The normalized spacial score (nSPS) is 19.3. The Balaban J connectivity index is 1.70. The molecule has 1 aliphatic rings. The molecule has 2 atom stereocenters. The molecular weight excluding hydrogens is 260 g/mol. The van der Waals surface area contributed by atoms with Crippen LogP contribution in [0.25, 0.3) is 0 Å². The van der Waals surface area contributed by atoms with Crippen molar-refractivity contribution >= 4 is 0 Å². The van der Waals surface area contributed by atoms with Gasteiger partial charge < -0.3 is 5.11 Å². The van der Waals surface area contributed by atoms with Crippen molar-refractivity contribution in [3.8, 4) is 0 Å². The van der Waals surface area contributed by atoms with Gasteiger partial charge in [-0.3, -0.25) is 4.68 Å². The Labute approximate surface area is 126 Å². The van der Waals surface area contributed by atoms with Crippen LogP contribution >= 0.6 is 0 Å². The quantitative estimate of drug-likeness (QED) is 0.937. The van der Waals surface area contributed by atoms with E-state index in [1.165, 1.54) is 11.1 Å². The number of aromatic nitrogens is 2. The largest absolute Gasteiger partial charge is 0.392 e. The minimum absolute atomic E-state index is 0.278. The van der Waals surface area contributed by atoms with E-state index in [0.29, 0.717) is 12.3 Å². The molecule has 0 fully saturated rings. The van der Waals surface area contributed by atoms with Gasteiger partial charge >= 0.3 is 0 Å². The van der Waals surface area contributed by atoms with E-state index in [4.69, 9.17) is 0 Å². The summed E-state index contributed by atoms with van der Waals surface area (Å²) >= 11 is 0. The summed E-state index contributed by atoms with van der Waals surface area (Å²) in [6, 6.07) is 10.7. The van der Waals surface area contributed by atoms with E-state index in [2.05, 4.69) is 42.4 Å². The van der Waals surface area contributed by atoms with Gasteiger partial charge in [-0.25, -0.2) is 0 Å². The molecule has 0 aliphatic heterocycles. The van der Waals surface area contributed by atoms with Crippen LogP contribution < -0.4 is 0 Å². The first kappa shape index (κ1) is 14.3. The van der Waals surface area contributed by atoms with Gasteiger partial charge in [-0.1, -0.05) is 24.3 Å². The third kappa shape index (κ3) is 3.03. The number of fused-ring (bicyclic) bond motifs is 1. The lowest BCUT2D eigenvalue weighted by Crippen LogP contribution is -2.29. The fourth-order valence-corrected chi connectivity index (χ4v) is 3.47. The maximum atomic E-state index is 10.6. The zero-order chi connectivity index (χ0) is 14.8. The van der Waals surface area contributed by atoms with Gasteiger partial charge in [0, 0.05) is 18.7 Å². The Morgan fingerprint density at radius 2 is 2.10 bits per heavy atom. The van der Waals surface area contributed by atoms with Crippen molar-refractivity contribution in [3.63, 3.8) is 0 Å². The molecule has 0 radical (unpaired) electrons. The second-order valence-electron chi connectivity index (χ2n) is 6.14. The number of hydrogen-bond donors (Lipinski definition) is 1. The standard InChI is InChI=1S/C18H24N2O/c1-3-20-17(10-13(2)19-20)12-18(21)16-9-8-14-6-4-5-7-15(14)11-16/h4-7,10,16,18,21H,3,8-9,11-12H2,1-2H3. The Hall–Kier alpha value is -1.61. The van der Waals surface area contributed by atoms with Crippen LogP contribution in [-0.4, -0.2) is 21.0 Å². The van der Waals surface area contributed by atoms with Crippen LogP contribution in [0.3, 0.4) is 0 Å². The molecule has 21 heavy (non-hydrogen) atoms. The Morgan fingerprint density at radius 3 is 2.86 bits per heavy atom. The molecule has 3 heteroatoms. The van der Waals surface area contributed by atoms with Crippen molar-refractivity contribution in [3.05, 3.63) is 52.8 Å². The molecule has 2 aromatic rings. The maximum Gasteiger partial charge on any atom is 0.0626 e. The molecule has 0 bridgehead atoms. The van der Waals surface area contributed by atoms with Gasteiger partial charge in [0.25, 0.3) is 0 Å². The van der Waals surface area contributed by atoms with Crippen molar-refractivity contribution in [2.24, 2.45) is 5.92 Å². The SMILES string of the molecule is CCn1nc(C)cc1CC(O)C1CCc2ccccc2C1. The number of nitrogens with zero attached hydrogens (tertiary/aromatic N) is 2. The molecule has 2 unspecified atom stereocenters. The Morgan fingerprint density at radius 1 is 1.33 bits per heavy atom. The van der Waals surface area contributed by atoms with E-state index < -0.39 is 0 Å². The molecule has 1 aliphatic carbocycles. The van der Waals surface area contributed by atoms with E-state index in [9.17, 15) is 5.11 Å². The highest BCUT2D eigenvalue weighted by Crippen LogP contribution is 2.28. The van der Waals surface area contributed by atoms with Crippen LogP contribution in [0.1, 0.15) is 35.9 Å².